The maximum atomic E-state index is 13.3. The SMILES string of the molecule is CC(C)(C)C(NC(=O)O)C1(c2nc(C(=O)NCc3ccc(F)cc3)c(O)c(=O)[nH]2)CCC(CO[Si](C)(C)C(C)(C)C)C1. The molecular weight excluding hydrogens is 559 g/mol. The van der Waals surface area contributed by atoms with Gasteiger partial charge in [0, 0.05) is 24.6 Å². The molecule has 1 aliphatic carbocycles. The van der Waals surface area contributed by atoms with E-state index in [1.807, 2.05) is 20.8 Å². The van der Waals surface area contributed by atoms with Crippen LogP contribution in [0.5, 0.6) is 5.75 Å². The van der Waals surface area contributed by atoms with Crippen LogP contribution in [0.25, 0.3) is 0 Å². The van der Waals surface area contributed by atoms with Crippen molar-refractivity contribution in [1.82, 2.24) is 20.6 Å². The lowest BCUT2D eigenvalue weighted by Gasteiger charge is -2.44. The fraction of sp³-hybridized carbons (Fsp3) is 0.600. The number of benzene rings is 1. The van der Waals surface area contributed by atoms with Crippen LogP contribution in [0, 0.1) is 17.2 Å². The van der Waals surface area contributed by atoms with Crippen molar-refractivity contribution in [3.8, 4) is 5.75 Å². The highest BCUT2D eigenvalue weighted by Gasteiger charge is 2.53. The molecule has 1 fully saturated rings. The lowest BCUT2D eigenvalue weighted by molar-refractivity contribution is 0.0938. The Hall–Kier alpha value is -3.25. The van der Waals surface area contributed by atoms with Gasteiger partial charge in [0.25, 0.3) is 11.5 Å². The monoisotopic (exact) mass is 604 g/mol. The number of hydrogen-bond acceptors (Lipinski definition) is 6. The van der Waals surface area contributed by atoms with E-state index in [1.54, 1.807) is 0 Å². The molecule has 0 radical (unpaired) electrons. The van der Waals surface area contributed by atoms with Gasteiger partial charge in [-0.3, -0.25) is 9.59 Å². The first-order valence-corrected chi connectivity index (χ1v) is 17.2. The highest BCUT2D eigenvalue weighted by Crippen LogP contribution is 2.50. The molecular formula is C30H45FN4O6Si. The maximum Gasteiger partial charge on any atom is 0.404 e. The first kappa shape index (κ1) is 33.3. The minimum Gasteiger partial charge on any atom is -0.501 e. The summed E-state index contributed by atoms with van der Waals surface area (Å²) < 4.78 is 19.8. The molecule has 1 saturated carbocycles. The molecule has 232 valence electrons. The summed E-state index contributed by atoms with van der Waals surface area (Å²) in [6.07, 6.45) is 0.409. The Kier molecular flexibility index (Phi) is 9.63. The first-order valence-electron chi connectivity index (χ1n) is 14.3. The number of carbonyl (C=O) groups is 2. The molecule has 3 rings (SSSR count). The average Bonchev–Trinajstić information content (AvgIpc) is 3.30. The van der Waals surface area contributed by atoms with Gasteiger partial charge in [0.15, 0.2) is 14.0 Å². The highest BCUT2D eigenvalue weighted by atomic mass is 28.4. The number of H-pyrrole nitrogens is 1. The number of nitrogens with one attached hydrogen (secondary N) is 3. The van der Waals surface area contributed by atoms with E-state index in [0.717, 1.165) is 0 Å². The summed E-state index contributed by atoms with van der Waals surface area (Å²) in [7, 11) is -2.06. The van der Waals surface area contributed by atoms with Crippen molar-refractivity contribution in [3.63, 3.8) is 0 Å². The summed E-state index contributed by atoms with van der Waals surface area (Å²) in [5, 5.41) is 25.7. The zero-order valence-electron chi connectivity index (χ0n) is 25.9. The van der Waals surface area contributed by atoms with Crippen molar-refractivity contribution in [2.45, 2.75) is 96.9 Å². The molecule has 2 amide bonds. The normalized spacial score (nSPS) is 20.3. The standard InChI is InChI=1S/C30H45FN4O6Si/c1-28(2,3)25(35-27(39)40)30(14-13-19(15-30)17-41-42(7,8)29(4,5)6)26-33-21(22(36)24(38)34-26)23(37)32-16-18-9-11-20(31)12-10-18/h9-12,19,25,35-36H,13-17H2,1-8H3,(H,32,37)(H,39,40)(H,33,34,38). The molecule has 0 saturated heterocycles. The summed E-state index contributed by atoms with van der Waals surface area (Å²) in [4.78, 5) is 45.3. The molecule has 3 atom stereocenters. The molecule has 1 aromatic heterocycles. The van der Waals surface area contributed by atoms with E-state index in [1.165, 1.54) is 24.3 Å². The smallest absolute Gasteiger partial charge is 0.404 e. The van der Waals surface area contributed by atoms with Gasteiger partial charge >= 0.3 is 6.09 Å². The number of hydrogen-bond donors (Lipinski definition) is 5. The predicted octanol–water partition coefficient (Wildman–Crippen LogP) is 5.29. The van der Waals surface area contributed by atoms with E-state index in [9.17, 15) is 29.0 Å². The molecule has 42 heavy (non-hydrogen) atoms. The Morgan fingerprint density at radius 1 is 1.19 bits per heavy atom. The minimum atomic E-state index is -2.06. The molecule has 1 heterocycles. The minimum absolute atomic E-state index is 0.0153. The molecule has 5 N–H and O–H groups in total. The zero-order chi connectivity index (χ0) is 31.7. The van der Waals surface area contributed by atoms with Gasteiger partial charge in [-0.2, -0.15) is 0 Å². The van der Waals surface area contributed by atoms with Crippen LogP contribution < -0.4 is 16.2 Å². The first-order chi connectivity index (χ1) is 19.3. The van der Waals surface area contributed by atoms with Crippen molar-refractivity contribution >= 4 is 20.3 Å². The van der Waals surface area contributed by atoms with Crippen molar-refractivity contribution in [2.24, 2.45) is 11.3 Å². The van der Waals surface area contributed by atoms with Gasteiger partial charge in [0.05, 0.1) is 0 Å². The molecule has 0 bridgehead atoms. The van der Waals surface area contributed by atoms with E-state index >= 15 is 0 Å². The summed E-state index contributed by atoms with van der Waals surface area (Å²) in [5.41, 5.74) is -2.33. The second kappa shape index (κ2) is 12.2. The summed E-state index contributed by atoms with van der Waals surface area (Å²) >= 11 is 0. The molecule has 10 nitrogen and oxygen atoms in total. The number of nitrogens with zero attached hydrogens (tertiary/aromatic N) is 1. The molecule has 0 aliphatic heterocycles. The van der Waals surface area contributed by atoms with Crippen molar-refractivity contribution in [2.75, 3.05) is 6.61 Å². The van der Waals surface area contributed by atoms with E-state index in [-0.39, 0.29) is 23.3 Å². The van der Waals surface area contributed by atoms with Crippen LogP contribution in [-0.4, -0.2) is 53.1 Å². The topological polar surface area (TPSA) is 154 Å². The van der Waals surface area contributed by atoms with Crippen molar-refractivity contribution < 1.29 is 28.6 Å². The van der Waals surface area contributed by atoms with Gasteiger partial charge in [-0.05, 0) is 66.4 Å². The number of amides is 2. The van der Waals surface area contributed by atoms with E-state index in [0.29, 0.717) is 31.4 Å². The van der Waals surface area contributed by atoms with Crippen LogP contribution in [0.3, 0.4) is 0 Å². The number of rotatable bonds is 9. The van der Waals surface area contributed by atoms with E-state index in [2.05, 4.69) is 54.5 Å². The number of carboxylic acid groups (broad SMARTS) is 1. The zero-order valence-corrected chi connectivity index (χ0v) is 26.9. The third-order valence-electron chi connectivity index (χ3n) is 8.77. The van der Waals surface area contributed by atoms with Gasteiger partial charge in [-0.1, -0.05) is 53.7 Å². The third-order valence-corrected chi connectivity index (χ3v) is 13.3. The van der Waals surface area contributed by atoms with Crippen LogP contribution in [-0.2, 0) is 16.4 Å². The van der Waals surface area contributed by atoms with Crippen molar-refractivity contribution in [3.05, 3.63) is 57.5 Å². The fourth-order valence-corrected chi connectivity index (χ4v) is 6.60. The van der Waals surface area contributed by atoms with E-state index < -0.39 is 60.0 Å². The second-order valence-corrected chi connectivity index (χ2v) is 18.8. The number of aromatic hydroxyl groups is 1. The number of halogens is 1. The molecule has 0 spiro atoms. The second-order valence-electron chi connectivity index (χ2n) is 14.0. The van der Waals surface area contributed by atoms with E-state index in [4.69, 9.17) is 4.43 Å². The fourth-order valence-electron chi connectivity index (χ4n) is 5.52. The van der Waals surface area contributed by atoms with Crippen LogP contribution in [0.2, 0.25) is 18.1 Å². The number of aromatic nitrogens is 2. The Labute approximate surface area is 247 Å². The Morgan fingerprint density at radius 3 is 2.36 bits per heavy atom. The quantitative estimate of drug-likeness (QED) is 0.244. The van der Waals surface area contributed by atoms with Gasteiger partial charge < -0.3 is 30.3 Å². The third kappa shape index (κ3) is 7.38. The molecule has 1 aromatic carbocycles. The predicted molar refractivity (Wildman–Crippen MR) is 161 cm³/mol. The maximum absolute atomic E-state index is 13.3. The summed E-state index contributed by atoms with van der Waals surface area (Å²) in [6, 6.07) is 4.86. The Morgan fingerprint density at radius 2 is 1.81 bits per heavy atom. The summed E-state index contributed by atoms with van der Waals surface area (Å²) in [5.74, 6) is -1.84. The van der Waals surface area contributed by atoms with Crippen LogP contribution in [0.1, 0.15) is 82.7 Å². The number of aromatic amines is 1. The lowest BCUT2D eigenvalue weighted by Crippen LogP contribution is -2.57. The van der Waals surface area contributed by atoms with Crippen LogP contribution in [0.15, 0.2) is 29.1 Å². The van der Waals surface area contributed by atoms with Gasteiger partial charge in [-0.15, -0.1) is 0 Å². The lowest BCUT2D eigenvalue weighted by atomic mass is 9.66. The average molecular weight is 605 g/mol. The molecule has 2 aromatic rings. The van der Waals surface area contributed by atoms with Gasteiger partial charge in [-0.25, -0.2) is 14.2 Å². The van der Waals surface area contributed by atoms with Gasteiger partial charge in [0.1, 0.15) is 11.6 Å². The van der Waals surface area contributed by atoms with Crippen molar-refractivity contribution in [1.29, 1.82) is 0 Å². The number of carbonyl (C=O) groups excluding carboxylic acids is 1. The Bertz CT molecular complexity index is 1350. The Balaban J connectivity index is 2.03. The van der Waals surface area contributed by atoms with Crippen LogP contribution >= 0.6 is 0 Å². The van der Waals surface area contributed by atoms with Gasteiger partial charge in [0.2, 0.25) is 5.75 Å². The molecule has 12 heteroatoms. The largest absolute Gasteiger partial charge is 0.501 e. The van der Waals surface area contributed by atoms with Crippen LogP contribution in [0.4, 0.5) is 9.18 Å². The highest BCUT2D eigenvalue weighted by molar-refractivity contribution is 6.74. The molecule has 3 unspecified atom stereocenters. The summed E-state index contributed by atoms with van der Waals surface area (Å²) in [6.45, 7) is 17.1. The molecule has 1 aliphatic rings.